The second kappa shape index (κ2) is 4.31. The quantitative estimate of drug-likeness (QED) is 0.833. The lowest BCUT2D eigenvalue weighted by Crippen LogP contribution is -2.47. The Labute approximate surface area is 100 Å². The van der Waals surface area contributed by atoms with Gasteiger partial charge in [0.15, 0.2) is 0 Å². The van der Waals surface area contributed by atoms with Crippen molar-refractivity contribution in [1.82, 2.24) is 9.97 Å². The molecule has 1 aromatic rings. The highest BCUT2D eigenvalue weighted by molar-refractivity contribution is 5.69. The SMILES string of the molecule is Cc1cnc(C)c(NC2(CC(=O)O)CCC2)n1. The highest BCUT2D eigenvalue weighted by Gasteiger charge is 2.39. The number of aliphatic carboxylic acids is 1. The minimum absolute atomic E-state index is 0.141. The summed E-state index contributed by atoms with van der Waals surface area (Å²) in [7, 11) is 0. The molecule has 0 aromatic carbocycles. The largest absolute Gasteiger partial charge is 0.481 e. The smallest absolute Gasteiger partial charge is 0.305 e. The van der Waals surface area contributed by atoms with Gasteiger partial charge >= 0.3 is 5.97 Å². The summed E-state index contributed by atoms with van der Waals surface area (Å²) in [5, 5.41) is 12.2. The van der Waals surface area contributed by atoms with Crippen molar-refractivity contribution >= 4 is 11.8 Å². The summed E-state index contributed by atoms with van der Waals surface area (Å²) in [5.41, 5.74) is 1.33. The minimum Gasteiger partial charge on any atom is -0.481 e. The molecule has 0 aliphatic heterocycles. The Morgan fingerprint density at radius 1 is 1.53 bits per heavy atom. The predicted molar refractivity (Wildman–Crippen MR) is 64.0 cm³/mol. The van der Waals surface area contributed by atoms with Crippen LogP contribution in [0.2, 0.25) is 0 Å². The van der Waals surface area contributed by atoms with Crippen molar-refractivity contribution in [1.29, 1.82) is 0 Å². The molecule has 0 bridgehead atoms. The molecule has 2 N–H and O–H groups in total. The number of hydrogen-bond acceptors (Lipinski definition) is 4. The van der Waals surface area contributed by atoms with Crippen LogP contribution in [0.1, 0.15) is 37.1 Å². The first kappa shape index (κ1) is 11.8. The number of carboxylic acid groups (broad SMARTS) is 1. The molecule has 92 valence electrons. The lowest BCUT2D eigenvalue weighted by molar-refractivity contribution is -0.138. The van der Waals surface area contributed by atoms with Crippen molar-refractivity contribution in [3.8, 4) is 0 Å². The summed E-state index contributed by atoms with van der Waals surface area (Å²) in [6.45, 7) is 3.75. The summed E-state index contributed by atoms with van der Waals surface area (Å²) in [5.74, 6) is -0.0542. The van der Waals surface area contributed by atoms with Gasteiger partial charge in [-0.15, -0.1) is 0 Å². The first-order valence-corrected chi connectivity index (χ1v) is 5.81. The van der Waals surface area contributed by atoms with E-state index in [4.69, 9.17) is 5.11 Å². The van der Waals surface area contributed by atoms with Gasteiger partial charge in [-0.25, -0.2) is 4.98 Å². The first-order chi connectivity index (χ1) is 8.01. The summed E-state index contributed by atoms with van der Waals surface area (Å²) >= 11 is 0. The fourth-order valence-corrected chi connectivity index (χ4v) is 2.15. The molecule has 17 heavy (non-hydrogen) atoms. The van der Waals surface area contributed by atoms with E-state index in [1.807, 2.05) is 13.8 Å². The van der Waals surface area contributed by atoms with Gasteiger partial charge in [0.2, 0.25) is 0 Å². The van der Waals surface area contributed by atoms with E-state index < -0.39 is 5.97 Å². The fraction of sp³-hybridized carbons (Fsp3) is 0.583. The molecule has 1 aliphatic rings. The maximum atomic E-state index is 10.9. The van der Waals surface area contributed by atoms with Gasteiger partial charge in [0.25, 0.3) is 0 Å². The predicted octanol–water partition coefficient (Wildman–Crippen LogP) is 1.90. The lowest BCUT2D eigenvalue weighted by atomic mass is 9.74. The summed E-state index contributed by atoms with van der Waals surface area (Å²) < 4.78 is 0. The normalized spacial score (nSPS) is 17.3. The van der Waals surface area contributed by atoms with Crippen molar-refractivity contribution in [2.45, 2.75) is 45.1 Å². The van der Waals surface area contributed by atoms with Crippen LogP contribution in [-0.4, -0.2) is 26.6 Å². The second-order valence-electron chi connectivity index (χ2n) is 4.77. The molecule has 2 rings (SSSR count). The molecule has 0 unspecified atom stereocenters. The van der Waals surface area contributed by atoms with Crippen LogP contribution in [0.5, 0.6) is 0 Å². The number of aryl methyl sites for hydroxylation is 2. The van der Waals surface area contributed by atoms with Crippen molar-refractivity contribution in [2.24, 2.45) is 0 Å². The van der Waals surface area contributed by atoms with Crippen LogP contribution in [0.15, 0.2) is 6.20 Å². The number of carboxylic acids is 1. The Balaban J connectivity index is 2.18. The van der Waals surface area contributed by atoms with Crippen molar-refractivity contribution in [2.75, 3.05) is 5.32 Å². The van der Waals surface area contributed by atoms with Crippen LogP contribution >= 0.6 is 0 Å². The number of hydrogen-bond donors (Lipinski definition) is 2. The third-order valence-electron chi connectivity index (χ3n) is 3.26. The standard InChI is InChI=1S/C12H17N3O2/c1-8-7-13-9(2)11(14-8)15-12(4-3-5-12)6-10(16)17/h7H,3-6H2,1-2H3,(H,14,15)(H,16,17). The molecule has 1 saturated carbocycles. The summed E-state index contributed by atoms with van der Waals surface area (Å²) in [6, 6.07) is 0. The second-order valence-corrected chi connectivity index (χ2v) is 4.77. The maximum absolute atomic E-state index is 10.9. The number of rotatable bonds is 4. The van der Waals surface area contributed by atoms with E-state index in [0.29, 0.717) is 5.82 Å². The number of nitrogens with one attached hydrogen (secondary N) is 1. The summed E-state index contributed by atoms with van der Waals surface area (Å²) in [6.07, 6.45) is 4.69. The molecular formula is C12H17N3O2. The monoisotopic (exact) mass is 235 g/mol. The van der Waals surface area contributed by atoms with E-state index in [-0.39, 0.29) is 12.0 Å². The molecule has 1 fully saturated rings. The molecule has 1 heterocycles. The highest BCUT2D eigenvalue weighted by Crippen LogP contribution is 2.38. The van der Waals surface area contributed by atoms with Gasteiger partial charge in [0.05, 0.1) is 17.8 Å². The fourth-order valence-electron chi connectivity index (χ4n) is 2.15. The Kier molecular flexibility index (Phi) is 3.00. The number of anilines is 1. The maximum Gasteiger partial charge on any atom is 0.305 e. The average Bonchev–Trinajstić information content (AvgIpc) is 2.19. The molecule has 0 atom stereocenters. The van der Waals surface area contributed by atoms with E-state index >= 15 is 0 Å². The number of carbonyl (C=O) groups is 1. The number of aromatic nitrogens is 2. The minimum atomic E-state index is -0.768. The zero-order valence-electron chi connectivity index (χ0n) is 10.2. The zero-order chi connectivity index (χ0) is 12.5. The van der Waals surface area contributed by atoms with Crippen LogP contribution in [0.3, 0.4) is 0 Å². The van der Waals surface area contributed by atoms with Gasteiger partial charge in [0.1, 0.15) is 5.82 Å². The summed E-state index contributed by atoms with van der Waals surface area (Å²) in [4.78, 5) is 19.5. The van der Waals surface area contributed by atoms with Crippen LogP contribution in [0.25, 0.3) is 0 Å². The molecule has 0 saturated heterocycles. The van der Waals surface area contributed by atoms with Crippen molar-refractivity contribution in [3.05, 3.63) is 17.6 Å². The van der Waals surface area contributed by atoms with E-state index in [9.17, 15) is 4.79 Å². The van der Waals surface area contributed by atoms with Crippen LogP contribution < -0.4 is 5.32 Å². The van der Waals surface area contributed by atoms with E-state index in [2.05, 4.69) is 15.3 Å². The van der Waals surface area contributed by atoms with Crippen LogP contribution in [-0.2, 0) is 4.79 Å². The third-order valence-corrected chi connectivity index (χ3v) is 3.26. The molecule has 0 radical (unpaired) electrons. The van der Waals surface area contributed by atoms with Crippen molar-refractivity contribution < 1.29 is 9.90 Å². The number of nitrogens with zero attached hydrogens (tertiary/aromatic N) is 2. The Morgan fingerprint density at radius 3 is 2.76 bits per heavy atom. The highest BCUT2D eigenvalue weighted by atomic mass is 16.4. The molecule has 5 nitrogen and oxygen atoms in total. The Hall–Kier alpha value is -1.65. The van der Waals surface area contributed by atoms with Crippen molar-refractivity contribution in [3.63, 3.8) is 0 Å². The van der Waals surface area contributed by atoms with E-state index in [0.717, 1.165) is 30.7 Å². The van der Waals surface area contributed by atoms with Crippen LogP contribution in [0.4, 0.5) is 5.82 Å². The van der Waals surface area contributed by atoms with Gasteiger partial charge < -0.3 is 10.4 Å². The molecule has 0 spiro atoms. The lowest BCUT2D eigenvalue weighted by Gasteiger charge is -2.42. The molecule has 1 aromatic heterocycles. The van der Waals surface area contributed by atoms with E-state index in [1.165, 1.54) is 0 Å². The first-order valence-electron chi connectivity index (χ1n) is 5.81. The molecule has 1 aliphatic carbocycles. The average molecular weight is 235 g/mol. The Bertz CT molecular complexity index is 441. The van der Waals surface area contributed by atoms with Gasteiger partial charge in [-0.3, -0.25) is 9.78 Å². The van der Waals surface area contributed by atoms with Gasteiger partial charge in [-0.1, -0.05) is 0 Å². The Morgan fingerprint density at radius 2 is 2.24 bits per heavy atom. The third kappa shape index (κ3) is 2.54. The van der Waals surface area contributed by atoms with E-state index in [1.54, 1.807) is 6.20 Å². The molecular weight excluding hydrogens is 218 g/mol. The molecule has 5 heteroatoms. The topological polar surface area (TPSA) is 75.1 Å². The van der Waals surface area contributed by atoms with Gasteiger partial charge in [0, 0.05) is 11.7 Å². The van der Waals surface area contributed by atoms with Crippen LogP contribution in [0, 0.1) is 13.8 Å². The van der Waals surface area contributed by atoms with Gasteiger partial charge in [-0.2, -0.15) is 0 Å². The molecule has 0 amide bonds. The van der Waals surface area contributed by atoms with Gasteiger partial charge in [-0.05, 0) is 33.1 Å². The zero-order valence-corrected chi connectivity index (χ0v) is 10.2.